The molecule has 1 aliphatic rings. The van der Waals surface area contributed by atoms with Crippen LogP contribution in [-0.4, -0.2) is 29.3 Å². The third-order valence-corrected chi connectivity index (χ3v) is 5.21. The topological polar surface area (TPSA) is 76.2 Å². The number of rotatable bonds is 5. The number of carbonyl (C=O) groups excluding carboxylic acids is 1. The van der Waals surface area contributed by atoms with E-state index in [0.29, 0.717) is 18.9 Å². The molecular weight excluding hydrogens is 398 g/mol. The number of nitrogens with one attached hydrogen (secondary N) is 2. The molecule has 0 spiro atoms. The van der Waals surface area contributed by atoms with Crippen molar-refractivity contribution < 1.29 is 14.3 Å². The lowest BCUT2D eigenvalue weighted by atomic mass is 9.95. The molecule has 3 rings (SSSR count). The molecule has 1 atom stereocenters. The summed E-state index contributed by atoms with van der Waals surface area (Å²) in [7, 11) is 0. The Morgan fingerprint density at radius 1 is 1.19 bits per heavy atom. The van der Waals surface area contributed by atoms with Gasteiger partial charge in [0.05, 0.1) is 16.2 Å². The molecule has 7 heteroatoms. The number of halogens is 1. The molecule has 0 saturated carbocycles. The Kier molecular flexibility index (Phi) is 5.55. The van der Waals surface area contributed by atoms with Gasteiger partial charge in [-0.05, 0) is 45.5 Å². The lowest BCUT2D eigenvalue weighted by molar-refractivity contribution is 0.0919. The maximum absolute atomic E-state index is 12.8. The van der Waals surface area contributed by atoms with E-state index in [1.807, 2.05) is 32.0 Å². The molecule has 0 bridgehead atoms. The second kappa shape index (κ2) is 7.70. The van der Waals surface area contributed by atoms with Gasteiger partial charge in [0.15, 0.2) is 17.2 Å². The Morgan fingerprint density at radius 2 is 1.88 bits per heavy atom. The molecule has 0 aliphatic carbocycles. The first-order chi connectivity index (χ1) is 12.4. The van der Waals surface area contributed by atoms with Gasteiger partial charge in [-0.25, -0.2) is 0 Å². The van der Waals surface area contributed by atoms with E-state index in [4.69, 9.17) is 9.47 Å². The van der Waals surface area contributed by atoms with Crippen LogP contribution in [0.2, 0.25) is 0 Å². The van der Waals surface area contributed by atoms with Crippen LogP contribution in [0, 0.1) is 5.92 Å². The minimum atomic E-state index is -0.214. The van der Waals surface area contributed by atoms with Gasteiger partial charge in [-0.1, -0.05) is 33.8 Å². The maximum Gasteiger partial charge on any atom is 0.273 e. The fourth-order valence-corrected chi connectivity index (χ4v) is 3.79. The number of benzene rings is 1. The van der Waals surface area contributed by atoms with Crippen molar-refractivity contribution >= 4 is 21.8 Å². The second-order valence-electron chi connectivity index (χ2n) is 7.05. The van der Waals surface area contributed by atoms with Gasteiger partial charge >= 0.3 is 0 Å². The quantitative estimate of drug-likeness (QED) is 0.758. The summed E-state index contributed by atoms with van der Waals surface area (Å²) in [4.78, 5) is 12.8. The van der Waals surface area contributed by atoms with E-state index >= 15 is 0 Å². The van der Waals surface area contributed by atoms with Gasteiger partial charge in [0.25, 0.3) is 5.91 Å². The van der Waals surface area contributed by atoms with Crippen LogP contribution in [0.3, 0.4) is 0 Å². The van der Waals surface area contributed by atoms with Gasteiger partial charge in [-0.2, -0.15) is 5.10 Å². The van der Waals surface area contributed by atoms with Crippen LogP contribution in [0.25, 0.3) is 0 Å². The summed E-state index contributed by atoms with van der Waals surface area (Å²) >= 11 is 3.49. The molecule has 0 fully saturated rings. The van der Waals surface area contributed by atoms with Gasteiger partial charge in [-0.15, -0.1) is 0 Å². The van der Waals surface area contributed by atoms with Gasteiger partial charge in [-0.3, -0.25) is 9.89 Å². The van der Waals surface area contributed by atoms with E-state index in [1.54, 1.807) is 0 Å². The standard InChI is InChI=1S/C19H24BrN3O3/c1-10(2)16(12-5-6-13-14(9-12)26-8-7-25-13)21-19(24)18-15(20)17(11(3)4)22-23-18/h5-6,9-11,16H,7-8H2,1-4H3,(H,21,24)(H,22,23). The van der Waals surface area contributed by atoms with Crippen LogP contribution in [0.5, 0.6) is 11.5 Å². The number of aromatic amines is 1. The molecule has 1 aromatic carbocycles. The Balaban J connectivity index is 1.84. The van der Waals surface area contributed by atoms with Crippen molar-refractivity contribution in [2.75, 3.05) is 13.2 Å². The molecule has 1 aliphatic heterocycles. The van der Waals surface area contributed by atoms with Crippen LogP contribution in [0.15, 0.2) is 22.7 Å². The predicted octanol–water partition coefficient (Wildman–Crippen LogP) is 4.19. The molecular formula is C19H24BrN3O3. The van der Waals surface area contributed by atoms with Gasteiger partial charge < -0.3 is 14.8 Å². The second-order valence-corrected chi connectivity index (χ2v) is 7.85. The monoisotopic (exact) mass is 421 g/mol. The summed E-state index contributed by atoms with van der Waals surface area (Å²) in [5.74, 6) is 1.69. The maximum atomic E-state index is 12.8. The highest BCUT2D eigenvalue weighted by Crippen LogP contribution is 2.34. The fraction of sp³-hybridized carbons (Fsp3) is 0.474. The van der Waals surface area contributed by atoms with Crippen molar-refractivity contribution in [1.82, 2.24) is 15.5 Å². The van der Waals surface area contributed by atoms with E-state index in [9.17, 15) is 4.79 Å². The number of amides is 1. The molecule has 2 N–H and O–H groups in total. The molecule has 2 heterocycles. The van der Waals surface area contributed by atoms with Crippen molar-refractivity contribution in [3.8, 4) is 11.5 Å². The van der Waals surface area contributed by atoms with Crippen molar-refractivity contribution in [3.05, 3.63) is 39.6 Å². The third kappa shape index (κ3) is 3.72. The molecule has 1 aromatic heterocycles. The Hall–Kier alpha value is -2.02. The normalized spacial score (nSPS) is 14.6. The molecule has 0 saturated heterocycles. The van der Waals surface area contributed by atoms with Gasteiger partial charge in [0.1, 0.15) is 13.2 Å². The van der Waals surface area contributed by atoms with Crippen LogP contribution in [0.1, 0.15) is 61.4 Å². The number of aromatic nitrogens is 2. The van der Waals surface area contributed by atoms with E-state index in [1.165, 1.54) is 0 Å². The fourth-order valence-electron chi connectivity index (χ4n) is 2.97. The average Bonchev–Trinajstić information content (AvgIpc) is 3.00. The smallest absolute Gasteiger partial charge is 0.273 e. The molecule has 0 radical (unpaired) electrons. The largest absolute Gasteiger partial charge is 0.486 e. The highest BCUT2D eigenvalue weighted by Gasteiger charge is 2.25. The third-order valence-electron chi connectivity index (χ3n) is 4.40. The van der Waals surface area contributed by atoms with E-state index in [-0.39, 0.29) is 23.8 Å². The van der Waals surface area contributed by atoms with Crippen LogP contribution in [0.4, 0.5) is 0 Å². The zero-order valence-electron chi connectivity index (χ0n) is 15.4. The zero-order chi connectivity index (χ0) is 18.8. The summed E-state index contributed by atoms with van der Waals surface area (Å²) in [6, 6.07) is 5.65. The molecule has 1 unspecified atom stereocenters. The number of ether oxygens (including phenoxy) is 2. The predicted molar refractivity (Wildman–Crippen MR) is 103 cm³/mol. The van der Waals surface area contributed by atoms with Crippen LogP contribution >= 0.6 is 15.9 Å². The van der Waals surface area contributed by atoms with Gasteiger partial charge in [0, 0.05) is 0 Å². The highest BCUT2D eigenvalue weighted by atomic mass is 79.9. The number of fused-ring (bicyclic) bond motifs is 1. The van der Waals surface area contributed by atoms with E-state index in [2.05, 4.69) is 45.3 Å². The zero-order valence-corrected chi connectivity index (χ0v) is 17.0. The van der Waals surface area contributed by atoms with Crippen molar-refractivity contribution in [2.45, 2.75) is 39.7 Å². The Labute approximate surface area is 161 Å². The molecule has 2 aromatic rings. The summed E-state index contributed by atoms with van der Waals surface area (Å²) in [5, 5.41) is 10.2. The number of hydrogen-bond acceptors (Lipinski definition) is 4. The lowest BCUT2D eigenvalue weighted by Gasteiger charge is -2.25. The minimum absolute atomic E-state index is 0.163. The first kappa shape index (κ1) is 18.8. The first-order valence-electron chi connectivity index (χ1n) is 8.82. The molecule has 140 valence electrons. The molecule has 1 amide bonds. The Bertz CT molecular complexity index is 801. The van der Waals surface area contributed by atoms with E-state index < -0.39 is 0 Å². The first-order valence-corrected chi connectivity index (χ1v) is 9.62. The summed E-state index contributed by atoms with van der Waals surface area (Å²) in [6.07, 6.45) is 0. The highest BCUT2D eigenvalue weighted by molar-refractivity contribution is 9.10. The minimum Gasteiger partial charge on any atom is -0.486 e. The summed E-state index contributed by atoms with van der Waals surface area (Å²) < 4.78 is 12.0. The van der Waals surface area contributed by atoms with Crippen molar-refractivity contribution in [1.29, 1.82) is 0 Å². The van der Waals surface area contributed by atoms with Crippen molar-refractivity contribution in [2.24, 2.45) is 5.92 Å². The molecule has 6 nitrogen and oxygen atoms in total. The number of carbonyl (C=O) groups is 1. The molecule has 26 heavy (non-hydrogen) atoms. The number of nitrogens with zero attached hydrogens (tertiary/aromatic N) is 1. The van der Waals surface area contributed by atoms with Crippen molar-refractivity contribution in [3.63, 3.8) is 0 Å². The summed E-state index contributed by atoms with van der Waals surface area (Å²) in [5.41, 5.74) is 2.26. The number of H-pyrrole nitrogens is 1. The SMILES string of the molecule is CC(C)c1[nH]nc(C(=O)NC(c2ccc3c(c2)OCCO3)C(C)C)c1Br. The van der Waals surface area contributed by atoms with Crippen LogP contribution in [-0.2, 0) is 0 Å². The lowest BCUT2D eigenvalue weighted by Crippen LogP contribution is -2.32. The Morgan fingerprint density at radius 3 is 2.50 bits per heavy atom. The van der Waals surface area contributed by atoms with Gasteiger partial charge in [0.2, 0.25) is 0 Å². The summed E-state index contributed by atoms with van der Waals surface area (Å²) in [6.45, 7) is 9.33. The van der Waals surface area contributed by atoms with Crippen LogP contribution < -0.4 is 14.8 Å². The number of hydrogen-bond donors (Lipinski definition) is 2. The van der Waals surface area contributed by atoms with E-state index in [0.717, 1.165) is 27.2 Å². The average molecular weight is 422 g/mol.